The summed E-state index contributed by atoms with van der Waals surface area (Å²) in [6.07, 6.45) is 1.07. The second-order valence-electron chi connectivity index (χ2n) is 4.69. The van der Waals surface area contributed by atoms with Crippen molar-refractivity contribution in [2.24, 2.45) is 0 Å². The summed E-state index contributed by atoms with van der Waals surface area (Å²) < 4.78 is 0. The number of rotatable bonds is 9. The number of nitrogens with zero attached hydrogens (tertiary/aromatic N) is 1. The first-order chi connectivity index (χ1) is 9.04. The molecule has 0 bridgehead atoms. The number of hydrogen-bond donors (Lipinski definition) is 4. The van der Waals surface area contributed by atoms with Gasteiger partial charge in [-0.3, -0.25) is 4.90 Å². The number of carbonyl (C=O) groups is 2. The number of aliphatic hydroxyl groups excluding tert-OH is 1. The number of carboxylic acids is 1. The molecule has 4 N–H and O–H groups in total. The van der Waals surface area contributed by atoms with Crippen molar-refractivity contribution in [2.75, 3.05) is 26.2 Å². The van der Waals surface area contributed by atoms with E-state index < -0.39 is 12.1 Å². The predicted molar refractivity (Wildman–Crippen MR) is 69.9 cm³/mol. The maximum Gasteiger partial charge on any atom is 0.332 e. The maximum atomic E-state index is 11.4. The number of likely N-dealkylation sites (N-methyl/N-ethyl adjacent to an activating group) is 1. The van der Waals surface area contributed by atoms with Crippen LogP contribution in [0.3, 0.4) is 0 Å². The summed E-state index contributed by atoms with van der Waals surface area (Å²) in [5.74, 6) is -1.27. The number of nitrogens with one attached hydrogen (secondary N) is 2. The van der Waals surface area contributed by atoms with Crippen LogP contribution in [-0.2, 0) is 4.79 Å². The fourth-order valence-corrected chi connectivity index (χ4v) is 1.86. The molecule has 1 aliphatic rings. The average molecular weight is 273 g/mol. The first-order valence-electron chi connectivity index (χ1n) is 6.71. The molecule has 0 radical (unpaired) electrons. The van der Waals surface area contributed by atoms with Crippen molar-refractivity contribution in [1.82, 2.24) is 15.5 Å². The van der Waals surface area contributed by atoms with Crippen molar-refractivity contribution in [3.63, 3.8) is 0 Å². The molecular weight excluding hydrogens is 250 g/mol. The summed E-state index contributed by atoms with van der Waals surface area (Å²) in [5.41, 5.74) is 0. The first kappa shape index (κ1) is 15.7. The summed E-state index contributed by atoms with van der Waals surface area (Å²) in [6.45, 7) is 4.62. The van der Waals surface area contributed by atoms with Crippen LogP contribution in [0.2, 0.25) is 0 Å². The van der Waals surface area contributed by atoms with E-state index >= 15 is 0 Å². The molecule has 7 heteroatoms. The lowest BCUT2D eigenvalue weighted by molar-refractivity contribution is -0.146. The number of aliphatic carboxylic acids is 1. The number of amides is 2. The highest BCUT2D eigenvalue weighted by Gasteiger charge is 2.27. The van der Waals surface area contributed by atoms with E-state index in [0.29, 0.717) is 12.6 Å². The number of urea groups is 1. The zero-order chi connectivity index (χ0) is 14.3. The Morgan fingerprint density at radius 2 is 1.95 bits per heavy atom. The van der Waals surface area contributed by atoms with Crippen molar-refractivity contribution >= 4 is 12.0 Å². The number of hydrogen-bond acceptors (Lipinski definition) is 4. The van der Waals surface area contributed by atoms with Crippen LogP contribution in [-0.4, -0.2) is 65.4 Å². The SMILES string of the molecule is CCN(CCNC(=O)NCC[C@H](O)C(=O)O)C1CC1. The topological polar surface area (TPSA) is 102 Å². The zero-order valence-corrected chi connectivity index (χ0v) is 11.3. The van der Waals surface area contributed by atoms with Crippen LogP contribution >= 0.6 is 0 Å². The largest absolute Gasteiger partial charge is 0.479 e. The lowest BCUT2D eigenvalue weighted by Crippen LogP contribution is -2.42. The molecule has 7 nitrogen and oxygen atoms in total. The van der Waals surface area contributed by atoms with Crippen molar-refractivity contribution in [2.45, 2.75) is 38.3 Å². The van der Waals surface area contributed by atoms with Gasteiger partial charge in [-0.05, 0) is 19.4 Å². The molecular formula is C12H23N3O4. The molecule has 0 aromatic heterocycles. The fraction of sp³-hybridized carbons (Fsp3) is 0.833. The lowest BCUT2D eigenvalue weighted by Gasteiger charge is -2.19. The van der Waals surface area contributed by atoms with Crippen LogP contribution in [0.1, 0.15) is 26.2 Å². The van der Waals surface area contributed by atoms with Gasteiger partial charge in [0.15, 0.2) is 6.10 Å². The van der Waals surface area contributed by atoms with Crippen LogP contribution in [0, 0.1) is 0 Å². The van der Waals surface area contributed by atoms with Crippen LogP contribution < -0.4 is 10.6 Å². The third kappa shape index (κ3) is 6.40. The van der Waals surface area contributed by atoms with Gasteiger partial charge in [-0.25, -0.2) is 9.59 Å². The highest BCUT2D eigenvalue weighted by Crippen LogP contribution is 2.25. The third-order valence-electron chi connectivity index (χ3n) is 3.14. The monoisotopic (exact) mass is 273 g/mol. The Labute approximate surface area is 113 Å². The highest BCUT2D eigenvalue weighted by atomic mass is 16.4. The zero-order valence-electron chi connectivity index (χ0n) is 11.3. The van der Waals surface area contributed by atoms with Crippen molar-refractivity contribution in [1.29, 1.82) is 0 Å². The van der Waals surface area contributed by atoms with E-state index in [4.69, 9.17) is 10.2 Å². The minimum Gasteiger partial charge on any atom is -0.479 e. The molecule has 0 aliphatic heterocycles. The van der Waals surface area contributed by atoms with E-state index in [2.05, 4.69) is 22.5 Å². The fourth-order valence-electron chi connectivity index (χ4n) is 1.86. The maximum absolute atomic E-state index is 11.4. The van der Waals surface area contributed by atoms with Crippen molar-refractivity contribution in [3.8, 4) is 0 Å². The van der Waals surface area contributed by atoms with Crippen molar-refractivity contribution in [3.05, 3.63) is 0 Å². The summed E-state index contributed by atoms with van der Waals surface area (Å²) in [6, 6.07) is 0.352. The first-order valence-corrected chi connectivity index (χ1v) is 6.71. The smallest absolute Gasteiger partial charge is 0.332 e. The lowest BCUT2D eigenvalue weighted by atomic mass is 10.2. The van der Waals surface area contributed by atoms with Gasteiger partial charge in [0.25, 0.3) is 0 Å². The van der Waals surface area contributed by atoms with E-state index in [-0.39, 0.29) is 19.0 Å². The Bertz CT molecular complexity index is 307. The molecule has 0 saturated heterocycles. The molecule has 1 rings (SSSR count). The van der Waals surface area contributed by atoms with Gasteiger partial charge in [0.2, 0.25) is 0 Å². The van der Waals surface area contributed by atoms with Crippen LogP contribution in [0.15, 0.2) is 0 Å². The highest BCUT2D eigenvalue weighted by molar-refractivity contribution is 5.74. The van der Waals surface area contributed by atoms with Gasteiger partial charge in [0.1, 0.15) is 0 Å². The van der Waals surface area contributed by atoms with Gasteiger partial charge in [0.05, 0.1) is 0 Å². The Balaban J connectivity index is 2.02. The van der Waals surface area contributed by atoms with Crippen LogP contribution in [0.5, 0.6) is 0 Å². The summed E-state index contributed by atoms with van der Waals surface area (Å²) >= 11 is 0. The molecule has 1 fully saturated rings. The van der Waals surface area contributed by atoms with E-state index in [1.807, 2.05) is 0 Å². The van der Waals surface area contributed by atoms with Gasteiger partial charge in [-0.15, -0.1) is 0 Å². The molecule has 1 atom stereocenters. The number of carboxylic acid groups (broad SMARTS) is 1. The minimum atomic E-state index is -1.43. The Hall–Kier alpha value is -1.34. The normalized spacial score (nSPS) is 16.2. The Morgan fingerprint density at radius 3 is 2.47 bits per heavy atom. The van der Waals surface area contributed by atoms with E-state index in [0.717, 1.165) is 13.1 Å². The predicted octanol–water partition coefficient (Wildman–Crippen LogP) is -0.394. The second-order valence-corrected chi connectivity index (χ2v) is 4.69. The molecule has 0 unspecified atom stereocenters. The van der Waals surface area contributed by atoms with Gasteiger partial charge in [-0.1, -0.05) is 6.92 Å². The molecule has 110 valence electrons. The van der Waals surface area contributed by atoms with E-state index in [9.17, 15) is 9.59 Å². The molecule has 0 aromatic rings. The van der Waals surface area contributed by atoms with Crippen LogP contribution in [0.4, 0.5) is 4.79 Å². The van der Waals surface area contributed by atoms with E-state index in [1.54, 1.807) is 0 Å². The van der Waals surface area contributed by atoms with Gasteiger partial charge < -0.3 is 20.8 Å². The molecule has 0 spiro atoms. The Morgan fingerprint density at radius 1 is 1.32 bits per heavy atom. The minimum absolute atomic E-state index is 0.00587. The second kappa shape index (κ2) is 7.96. The van der Waals surface area contributed by atoms with Crippen molar-refractivity contribution < 1.29 is 19.8 Å². The molecule has 0 aromatic carbocycles. The van der Waals surface area contributed by atoms with Gasteiger partial charge in [0, 0.05) is 32.1 Å². The Kier molecular flexibility index (Phi) is 6.58. The molecule has 0 heterocycles. The summed E-state index contributed by atoms with van der Waals surface area (Å²) in [4.78, 5) is 24.0. The third-order valence-corrected chi connectivity index (χ3v) is 3.14. The van der Waals surface area contributed by atoms with Gasteiger partial charge in [-0.2, -0.15) is 0 Å². The molecule has 1 saturated carbocycles. The van der Waals surface area contributed by atoms with E-state index in [1.165, 1.54) is 12.8 Å². The quantitative estimate of drug-likeness (QED) is 0.458. The molecule has 19 heavy (non-hydrogen) atoms. The summed E-state index contributed by atoms with van der Waals surface area (Å²) in [5, 5.41) is 22.7. The molecule has 2 amide bonds. The average Bonchev–Trinajstić information content (AvgIpc) is 3.18. The summed E-state index contributed by atoms with van der Waals surface area (Å²) in [7, 11) is 0. The van der Waals surface area contributed by atoms with Crippen LogP contribution in [0.25, 0.3) is 0 Å². The molecule has 1 aliphatic carbocycles. The standard InChI is InChI=1S/C12H23N3O4/c1-2-15(9-3-4-9)8-7-14-12(19)13-6-5-10(16)11(17)18/h9-10,16H,2-8H2,1H3,(H,17,18)(H2,13,14,19)/t10-/m0/s1. The van der Waals surface area contributed by atoms with Gasteiger partial charge >= 0.3 is 12.0 Å². The number of aliphatic hydroxyl groups is 1. The number of carbonyl (C=O) groups excluding carboxylic acids is 1.